The Kier molecular flexibility index (Phi) is 10.6. The fourth-order valence-corrected chi connectivity index (χ4v) is 2.04. The molecular weight excluding hydrogens is 300 g/mol. The highest BCUT2D eigenvalue weighted by Gasteiger charge is 2.01. The van der Waals surface area contributed by atoms with Crippen molar-refractivity contribution < 1.29 is 14.0 Å². The van der Waals surface area contributed by atoms with E-state index in [4.69, 9.17) is 14.9 Å². The lowest BCUT2D eigenvalue weighted by atomic mass is 10.2. The Labute approximate surface area is 144 Å². The van der Waals surface area contributed by atoms with Gasteiger partial charge >= 0.3 is 0 Å². The summed E-state index contributed by atoms with van der Waals surface area (Å²) in [6.07, 6.45) is 15.9. The van der Waals surface area contributed by atoms with Crippen molar-refractivity contribution in [3.8, 4) is 0 Å². The van der Waals surface area contributed by atoms with Gasteiger partial charge < -0.3 is 14.9 Å². The molecule has 1 aromatic rings. The Balaban J connectivity index is 2.22. The van der Waals surface area contributed by atoms with E-state index in [9.17, 15) is 0 Å². The molecule has 0 fully saturated rings. The van der Waals surface area contributed by atoms with Gasteiger partial charge in [-0.25, -0.2) is 4.57 Å². The van der Waals surface area contributed by atoms with Crippen LogP contribution in [-0.4, -0.2) is 26.0 Å². The Morgan fingerprint density at radius 1 is 1.21 bits per heavy atom. The quantitative estimate of drug-likeness (QED) is 0.151. The van der Waals surface area contributed by atoms with Crippen LogP contribution < -0.4 is 4.57 Å². The molecule has 0 aromatic carbocycles. The maximum absolute atomic E-state index is 6.99. The topological polar surface area (TPSA) is 46.2 Å². The molecule has 128 valence electrons. The van der Waals surface area contributed by atoms with E-state index in [1.807, 2.05) is 24.4 Å². The van der Waals surface area contributed by atoms with Crippen LogP contribution in [-0.2, 0) is 22.4 Å². The van der Waals surface area contributed by atoms with Crippen LogP contribution in [0.5, 0.6) is 0 Å². The molecule has 0 amide bonds. The van der Waals surface area contributed by atoms with Gasteiger partial charge in [0.15, 0.2) is 18.9 Å². The Morgan fingerprint density at radius 3 is 2.83 bits per heavy atom. The van der Waals surface area contributed by atoms with Gasteiger partial charge in [-0.1, -0.05) is 18.2 Å². The number of allylic oxidation sites excluding steroid dienone is 5. The van der Waals surface area contributed by atoms with Gasteiger partial charge in [0.2, 0.25) is 0 Å². The zero-order chi connectivity index (χ0) is 17.5. The fraction of sp³-hybridized carbons (Fsp3) is 0.300. The molecule has 4 nitrogen and oxygen atoms in total. The first-order chi connectivity index (χ1) is 11.8. The third-order valence-electron chi connectivity index (χ3n) is 3.16. The third kappa shape index (κ3) is 8.86. The molecule has 4 heteroatoms. The predicted molar refractivity (Wildman–Crippen MR) is 98.1 cm³/mol. The summed E-state index contributed by atoms with van der Waals surface area (Å²) < 4.78 is 13.2. The largest absolute Gasteiger partial charge is 0.498 e. The lowest BCUT2D eigenvalue weighted by Gasteiger charge is -2.04. The maximum Gasteiger partial charge on any atom is 0.172 e. The van der Waals surface area contributed by atoms with Crippen LogP contribution in [0, 0.1) is 5.41 Å². The Hall–Kier alpha value is -2.46. The molecule has 1 heterocycles. The first-order valence-corrected chi connectivity index (χ1v) is 8.05. The van der Waals surface area contributed by atoms with Crippen molar-refractivity contribution in [1.82, 2.24) is 0 Å². The number of hydrogen-bond acceptors (Lipinski definition) is 3. The highest BCUT2D eigenvalue weighted by molar-refractivity contribution is 5.68. The molecule has 1 aromatic heterocycles. The van der Waals surface area contributed by atoms with Gasteiger partial charge in [-0.3, -0.25) is 0 Å². The van der Waals surface area contributed by atoms with Gasteiger partial charge in [-0.2, -0.15) is 0 Å². The second kappa shape index (κ2) is 13.0. The van der Waals surface area contributed by atoms with E-state index in [0.29, 0.717) is 26.2 Å². The van der Waals surface area contributed by atoms with E-state index in [0.717, 1.165) is 18.5 Å². The van der Waals surface area contributed by atoms with Crippen molar-refractivity contribution in [2.24, 2.45) is 0 Å². The molecule has 0 unspecified atom stereocenters. The summed E-state index contributed by atoms with van der Waals surface area (Å²) in [5.74, 6) is 0. The van der Waals surface area contributed by atoms with Crippen LogP contribution >= 0.6 is 0 Å². The lowest BCUT2D eigenvalue weighted by molar-refractivity contribution is -0.698. The van der Waals surface area contributed by atoms with Gasteiger partial charge in [0.05, 0.1) is 12.9 Å². The minimum atomic E-state index is 0.500. The number of ether oxygens (including phenoxy) is 2. The second-order valence-electron chi connectivity index (χ2n) is 5.14. The van der Waals surface area contributed by atoms with E-state index < -0.39 is 0 Å². The van der Waals surface area contributed by atoms with Gasteiger partial charge in [0.1, 0.15) is 13.2 Å². The molecule has 0 aliphatic carbocycles. The monoisotopic (exact) mass is 327 g/mol. The first kappa shape index (κ1) is 19.6. The van der Waals surface area contributed by atoms with Crippen LogP contribution in [0.25, 0.3) is 0 Å². The van der Waals surface area contributed by atoms with Crippen LogP contribution in [0.4, 0.5) is 0 Å². The second-order valence-corrected chi connectivity index (χ2v) is 5.14. The lowest BCUT2D eigenvalue weighted by Crippen LogP contribution is -2.35. The van der Waals surface area contributed by atoms with Crippen molar-refractivity contribution in [3.63, 3.8) is 0 Å². The first-order valence-electron chi connectivity index (χ1n) is 8.05. The number of hydrogen-bond donors (Lipinski definition) is 1. The normalized spacial score (nSPS) is 11.4. The molecular formula is C20H27N2O2+. The molecule has 1 rings (SSSR count). The van der Waals surface area contributed by atoms with E-state index in [2.05, 4.69) is 30.0 Å². The van der Waals surface area contributed by atoms with Crippen molar-refractivity contribution in [3.05, 3.63) is 79.4 Å². The molecule has 0 radical (unpaired) electrons. The highest BCUT2D eigenvalue weighted by Crippen LogP contribution is 2.04. The van der Waals surface area contributed by atoms with E-state index in [-0.39, 0.29) is 0 Å². The molecule has 0 saturated heterocycles. The number of nitrogens with one attached hydrogen (secondary N) is 1. The summed E-state index contributed by atoms with van der Waals surface area (Å²) in [4.78, 5) is 0. The molecule has 1 N–H and O–H groups in total. The van der Waals surface area contributed by atoms with Crippen molar-refractivity contribution in [1.29, 1.82) is 5.41 Å². The fourth-order valence-electron chi connectivity index (χ4n) is 2.04. The average Bonchev–Trinajstić information content (AvgIpc) is 2.59. The Bertz CT molecular complexity index is 577. The molecule has 0 saturated carbocycles. The smallest absolute Gasteiger partial charge is 0.172 e. The number of rotatable bonds is 13. The highest BCUT2D eigenvalue weighted by atomic mass is 16.5. The van der Waals surface area contributed by atoms with E-state index in [1.54, 1.807) is 18.4 Å². The van der Waals surface area contributed by atoms with Crippen molar-refractivity contribution in [2.45, 2.75) is 19.4 Å². The van der Waals surface area contributed by atoms with Gasteiger partial charge in [0, 0.05) is 17.8 Å². The minimum Gasteiger partial charge on any atom is -0.498 e. The molecule has 0 atom stereocenters. The van der Waals surface area contributed by atoms with Crippen LogP contribution in [0.15, 0.2) is 73.8 Å². The maximum atomic E-state index is 6.99. The summed E-state index contributed by atoms with van der Waals surface area (Å²) in [5, 5.41) is 6.99. The summed E-state index contributed by atoms with van der Waals surface area (Å²) in [7, 11) is 0. The van der Waals surface area contributed by atoms with E-state index >= 15 is 0 Å². The van der Waals surface area contributed by atoms with Gasteiger partial charge in [-0.05, 0) is 30.6 Å². The summed E-state index contributed by atoms with van der Waals surface area (Å²) in [5.41, 5.74) is 2.22. The van der Waals surface area contributed by atoms with E-state index in [1.165, 1.54) is 11.8 Å². The number of aromatic nitrogens is 1. The van der Waals surface area contributed by atoms with Crippen LogP contribution in [0.1, 0.15) is 12.0 Å². The van der Waals surface area contributed by atoms with Crippen molar-refractivity contribution >= 4 is 6.21 Å². The van der Waals surface area contributed by atoms with Crippen LogP contribution in [0.2, 0.25) is 0 Å². The molecule has 0 bridgehead atoms. The number of pyridine rings is 1. The molecule has 0 aliphatic rings. The summed E-state index contributed by atoms with van der Waals surface area (Å²) in [6, 6.07) is 4.13. The summed E-state index contributed by atoms with van der Waals surface area (Å²) >= 11 is 0. The van der Waals surface area contributed by atoms with Crippen LogP contribution in [0.3, 0.4) is 0 Å². The minimum absolute atomic E-state index is 0.500. The zero-order valence-electron chi connectivity index (χ0n) is 14.2. The van der Waals surface area contributed by atoms with Crippen molar-refractivity contribution in [2.75, 3.05) is 19.8 Å². The SMILES string of the molecule is C=CCC(/C=C\C=N)=C/OCCOCC[n+]1cccc(CC=C)c1. The van der Waals surface area contributed by atoms with Gasteiger partial charge in [0.25, 0.3) is 0 Å². The predicted octanol–water partition coefficient (Wildman–Crippen LogP) is 3.40. The molecule has 24 heavy (non-hydrogen) atoms. The molecule has 0 spiro atoms. The average molecular weight is 327 g/mol. The Morgan fingerprint density at radius 2 is 2.08 bits per heavy atom. The summed E-state index contributed by atoms with van der Waals surface area (Å²) in [6.45, 7) is 9.95. The third-order valence-corrected chi connectivity index (χ3v) is 3.16. The molecule has 0 aliphatic heterocycles. The zero-order valence-corrected chi connectivity index (χ0v) is 14.2. The standard InChI is InChI=1S/C20H27N2O2/c1-3-7-19-10-6-12-22(17-19)13-14-23-15-16-24-18-20(8-4-2)9-5-11-21/h3-6,9-12,17-18,21H,1-2,7-8,13-16H2/q+1/b9-5-,20-18-,21-11?. The number of nitrogens with zero attached hydrogens (tertiary/aromatic N) is 1. The van der Waals surface area contributed by atoms with Gasteiger partial charge in [-0.15, -0.1) is 13.2 Å².